The van der Waals surface area contributed by atoms with Crippen LogP contribution in [0.2, 0.25) is 0 Å². The van der Waals surface area contributed by atoms with Gasteiger partial charge in [-0.1, -0.05) is 18.2 Å². The van der Waals surface area contributed by atoms with Gasteiger partial charge in [-0.2, -0.15) is 4.57 Å². The molecule has 0 radical (unpaired) electrons. The van der Waals surface area contributed by atoms with Gasteiger partial charge in [0.15, 0.2) is 0 Å². The quantitative estimate of drug-likeness (QED) is 0.552. The van der Waals surface area contributed by atoms with Crippen molar-refractivity contribution in [3.8, 4) is 0 Å². The number of para-hydroxylation sites is 1. The van der Waals surface area contributed by atoms with Crippen LogP contribution in [0, 0.1) is 6.92 Å². The van der Waals surface area contributed by atoms with E-state index in [-0.39, 0.29) is 18.8 Å². The van der Waals surface area contributed by atoms with Crippen molar-refractivity contribution < 1.29 is 26.9 Å². The van der Waals surface area contributed by atoms with E-state index < -0.39 is 5.97 Å². The number of carboxylic acids is 1. The van der Waals surface area contributed by atoms with Crippen molar-refractivity contribution in [3.05, 3.63) is 53.6 Å². The lowest BCUT2D eigenvalue weighted by atomic mass is 10.00. The number of pyridine rings is 1. The van der Waals surface area contributed by atoms with Crippen molar-refractivity contribution in [1.82, 2.24) is 0 Å². The van der Waals surface area contributed by atoms with Crippen LogP contribution in [0.15, 0.2) is 42.5 Å². The van der Waals surface area contributed by atoms with Crippen LogP contribution in [0.3, 0.4) is 0 Å². The van der Waals surface area contributed by atoms with Gasteiger partial charge in [-0.25, -0.2) is 0 Å². The molecule has 0 aliphatic rings. The van der Waals surface area contributed by atoms with Gasteiger partial charge in [-0.05, 0) is 36.6 Å². The van der Waals surface area contributed by atoms with E-state index in [2.05, 4.69) is 54.9 Å². The molecule has 0 atom stereocenters. The van der Waals surface area contributed by atoms with E-state index in [1.807, 2.05) is 6.07 Å². The first kappa shape index (κ1) is 16.2. The predicted molar refractivity (Wildman–Crippen MR) is 83.3 cm³/mol. The number of carbonyl (C=O) groups is 1. The van der Waals surface area contributed by atoms with Crippen molar-refractivity contribution >= 4 is 27.8 Å². The van der Waals surface area contributed by atoms with Gasteiger partial charge in [0.1, 0.15) is 7.05 Å². The summed E-state index contributed by atoms with van der Waals surface area (Å²) in [4.78, 5) is 10.7. The molecule has 1 N–H and O–H groups in total. The van der Waals surface area contributed by atoms with Crippen molar-refractivity contribution in [1.29, 1.82) is 0 Å². The summed E-state index contributed by atoms with van der Waals surface area (Å²) in [5, 5.41) is 11.3. The number of halogens is 1. The van der Waals surface area contributed by atoms with Crippen molar-refractivity contribution in [3.63, 3.8) is 0 Å². The highest BCUT2D eigenvalue weighted by Crippen LogP contribution is 2.24. The number of aryl methyl sites for hydroxylation is 3. The zero-order valence-corrected chi connectivity index (χ0v) is 13.4. The molecule has 0 unspecified atom stereocenters. The number of carboxylic acid groups (broad SMARTS) is 1. The average molecular weight is 316 g/mol. The molecule has 22 heavy (non-hydrogen) atoms. The summed E-state index contributed by atoms with van der Waals surface area (Å²) in [6.07, 6.45) is 0.742. The Balaban J connectivity index is 0.00000176. The number of hydrogen-bond acceptors (Lipinski definition) is 1. The molecule has 1 heterocycles. The summed E-state index contributed by atoms with van der Waals surface area (Å²) in [7, 11) is 2.07. The number of aliphatic carboxylic acids is 1. The van der Waals surface area contributed by atoms with E-state index in [0.717, 1.165) is 5.56 Å². The molecular formula is C18H18ClNO2. The number of hydrogen-bond donors (Lipinski definition) is 1. The third-order valence-electron chi connectivity index (χ3n) is 4.12. The fourth-order valence-corrected chi connectivity index (χ4v) is 2.94. The van der Waals surface area contributed by atoms with Gasteiger partial charge < -0.3 is 17.5 Å². The van der Waals surface area contributed by atoms with Crippen LogP contribution in [0.5, 0.6) is 0 Å². The van der Waals surface area contributed by atoms with Crippen LogP contribution in [0.25, 0.3) is 21.8 Å². The Morgan fingerprint density at radius 1 is 1.09 bits per heavy atom. The van der Waals surface area contributed by atoms with Crippen molar-refractivity contribution in [2.75, 3.05) is 0 Å². The maximum absolute atomic E-state index is 10.7. The van der Waals surface area contributed by atoms with Gasteiger partial charge in [-0.3, -0.25) is 4.79 Å². The van der Waals surface area contributed by atoms with Crippen LogP contribution in [-0.2, 0) is 18.3 Å². The molecule has 114 valence electrons. The van der Waals surface area contributed by atoms with Gasteiger partial charge in [0, 0.05) is 23.9 Å². The standard InChI is InChI=1S/C18H17NO2.ClH/c1-12-14-5-3-4-6-16(14)19(2)17-9-7-13(11-15(12)17)8-10-18(20)21;/h3-7,9,11H,8,10H2,1-2H3;1H. The summed E-state index contributed by atoms with van der Waals surface area (Å²) in [6, 6.07) is 14.6. The maximum atomic E-state index is 10.7. The Bertz CT molecular complexity index is 858. The Morgan fingerprint density at radius 3 is 2.50 bits per heavy atom. The van der Waals surface area contributed by atoms with E-state index in [1.165, 1.54) is 27.4 Å². The molecule has 4 heteroatoms. The number of fused-ring (bicyclic) bond motifs is 2. The SMILES string of the molecule is Cc1c2ccccc2[n+](C)c2ccc(CCC(=O)O)cc12.[Cl-]. The molecule has 0 fully saturated rings. The second-order valence-corrected chi connectivity index (χ2v) is 5.45. The molecule has 1 aromatic heterocycles. The number of nitrogens with zero attached hydrogens (tertiary/aromatic N) is 1. The zero-order chi connectivity index (χ0) is 15.0. The van der Waals surface area contributed by atoms with Crippen LogP contribution in [0.4, 0.5) is 0 Å². The van der Waals surface area contributed by atoms with Gasteiger partial charge in [-0.15, -0.1) is 0 Å². The van der Waals surface area contributed by atoms with Crippen LogP contribution < -0.4 is 17.0 Å². The monoisotopic (exact) mass is 315 g/mol. The zero-order valence-electron chi connectivity index (χ0n) is 12.6. The fraction of sp³-hybridized carbons (Fsp3) is 0.222. The smallest absolute Gasteiger partial charge is 0.303 e. The average Bonchev–Trinajstić information content (AvgIpc) is 2.50. The third-order valence-corrected chi connectivity index (χ3v) is 4.12. The van der Waals surface area contributed by atoms with Gasteiger partial charge in [0.05, 0.1) is 5.39 Å². The summed E-state index contributed by atoms with van der Waals surface area (Å²) in [6.45, 7) is 2.13. The van der Waals surface area contributed by atoms with Crippen LogP contribution in [-0.4, -0.2) is 11.1 Å². The lowest BCUT2D eigenvalue weighted by molar-refractivity contribution is -0.617. The van der Waals surface area contributed by atoms with Crippen molar-refractivity contribution in [2.24, 2.45) is 7.05 Å². The second-order valence-electron chi connectivity index (χ2n) is 5.45. The summed E-state index contributed by atoms with van der Waals surface area (Å²) >= 11 is 0. The molecule has 0 aliphatic carbocycles. The highest BCUT2D eigenvalue weighted by atomic mass is 35.5. The molecule has 0 spiro atoms. The first-order valence-corrected chi connectivity index (χ1v) is 7.09. The third kappa shape index (κ3) is 2.77. The molecule has 0 bridgehead atoms. The number of rotatable bonds is 3. The first-order chi connectivity index (χ1) is 10.1. The van der Waals surface area contributed by atoms with E-state index >= 15 is 0 Å². The van der Waals surface area contributed by atoms with Gasteiger partial charge in [0.25, 0.3) is 0 Å². The fourth-order valence-electron chi connectivity index (χ4n) is 2.94. The molecule has 0 amide bonds. The van der Waals surface area contributed by atoms with E-state index in [9.17, 15) is 4.79 Å². The molecule has 3 nitrogen and oxygen atoms in total. The van der Waals surface area contributed by atoms with Gasteiger partial charge in [0.2, 0.25) is 11.0 Å². The van der Waals surface area contributed by atoms with E-state index in [0.29, 0.717) is 6.42 Å². The predicted octanol–water partition coefficient (Wildman–Crippen LogP) is 0.147. The lowest BCUT2D eigenvalue weighted by Crippen LogP contribution is -3.00. The summed E-state index contributed by atoms with van der Waals surface area (Å²) in [5.41, 5.74) is 4.70. The summed E-state index contributed by atoms with van der Waals surface area (Å²) < 4.78 is 2.19. The molecular weight excluding hydrogens is 298 g/mol. The Kier molecular flexibility index (Phi) is 4.67. The highest BCUT2D eigenvalue weighted by Gasteiger charge is 2.15. The topological polar surface area (TPSA) is 41.2 Å². The normalized spacial score (nSPS) is 10.6. The van der Waals surface area contributed by atoms with Gasteiger partial charge >= 0.3 is 5.97 Å². The molecule has 2 aromatic carbocycles. The molecule has 0 saturated heterocycles. The minimum atomic E-state index is -0.754. The Hall–Kier alpha value is -2.13. The Labute approximate surface area is 135 Å². The highest BCUT2D eigenvalue weighted by molar-refractivity contribution is 5.93. The lowest BCUT2D eigenvalue weighted by Gasteiger charge is -2.08. The molecule has 3 rings (SSSR count). The van der Waals surface area contributed by atoms with Crippen molar-refractivity contribution in [2.45, 2.75) is 19.8 Å². The van der Waals surface area contributed by atoms with E-state index in [4.69, 9.17) is 5.11 Å². The van der Waals surface area contributed by atoms with Crippen LogP contribution in [0.1, 0.15) is 17.5 Å². The number of benzene rings is 2. The minimum Gasteiger partial charge on any atom is -1.00 e. The van der Waals surface area contributed by atoms with E-state index in [1.54, 1.807) is 0 Å². The molecule has 3 aromatic rings. The second kappa shape index (κ2) is 6.32. The first-order valence-electron chi connectivity index (χ1n) is 7.09. The number of aromatic nitrogens is 1. The summed E-state index contributed by atoms with van der Waals surface area (Å²) in [5.74, 6) is -0.754. The largest absolute Gasteiger partial charge is 1.00 e. The minimum absolute atomic E-state index is 0. The van der Waals surface area contributed by atoms with Crippen LogP contribution >= 0.6 is 0 Å². The molecule has 0 saturated carbocycles. The molecule has 0 aliphatic heterocycles. The Morgan fingerprint density at radius 2 is 1.77 bits per heavy atom. The maximum Gasteiger partial charge on any atom is 0.303 e.